The van der Waals surface area contributed by atoms with Crippen molar-refractivity contribution in [2.24, 2.45) is 0 Å². The fraction of sp³-hybridized carbons (Fsp3) is 0.467. The van der Waals surface area contributed by atoms with Gasteiger partial charge < -0.3 is 19.2 Å². The average molecular weight is 289 g/mol. The van der Waals surface area contributed by atoms with Crippen molar-refractivity contribution in [3.8, 4) is 23.0 Å². The van der Waals surface area contributed by atoms with E-state index in [0.717, 1.165) is 24.3 Å². The highest BCUT2D eigenvalue weighted by molar-refractivity contribution is 5.64. The Balaban J connectivity index is 1.74. The molecule has 21 heavy (non-hydrogen) atoms. The standard InChI is InChI=1S/C15H19N3O3/c1-19-11-5-6-13(20-2)12(9-11)15-18-17-14(21-15)7-8-16-10-3-4-10/h5-6,9-10,16H,3-4,7-8H2,1-2H3. The maximum Gasteiger partial charge on any atom is 0.251 e. The lowest BCUT2D eigenvalue weighted by Crippen LogP contribution is -2.19. The van der Waals surface area contributed by atoms with E-state index >= 15 is 0 Å². The topological polar surface area (TPSA) is 69.4 Å². The zero-order valence-electron chi connectivity index (χ0n) is 12.3. The summed E-state index contributed by atoms with van der Waals surface area (Å²) in [7, 11) is 3.23. The van der Waals surface area contributed by atoms with Gasteiger partial charge in [-0.1, -0.05) is 0 Å². The molecular weight excluding hydrogens is 270 g/mol. The number of hydrogen-bond donors (Lipinski definition) is 1. The van der Waals surface area contributed by atoms with E-state index in [1.165, 1.54) is 12.8 Å². The number of nitrogens with one attached hydrogen (secondary N) is 1. The van der Waals surface area contributed by atoms with Crippen LogP contribution in [0.1, 0.15) is 18.7 Å². The van der Waals surface area contributed by atoms with Crippen LogP contribution in [-0.2, 0) is 6.42 Å². The summed E-state index contributed by atoms with van der Waals surface area (Å²) in [6, 6.07) is 6.18. The van der Waals surface area contributed by atoms with Gasteiger partial charge in [0.1, 0.15) is 11.5 Å². The van der Waals surface area contributed by atoms with Gasteiger partial charge in [0.05, 0.1) is 19.8 Å². The minimum atomic E-state index is 0.451. The van der Waals surface area contributed by atoms with E-state index in [9.17, 15) is 0 Å². The molecule has 6 nitrogen and oxygen atoms in total. The van der Waals surface area contributed by atoms with Gasteiger partial charge in [-0.25, -0.2) is 0 Å². The van der Waals surface area contributed by atoms with Gasteiger partial charge in [0.2, 0.25) is 5.89 Å². The van der Waals surface area contributed by atoms with Crippen LogP contribution in [0.25, 0.3) is 11.5 Å². The van der Waals surface area contributed by atoms with Gasteiger partial charge in [0.25, 0.3) is 5.89 Å². The van der Waals surface area contributed by atoms with Crippen molar-refractivity contribution < 1.29 is 13.9 Å². The van der Waals surface area contributed by atoms with E-state index in [1.807, 2.05) is 18.2 Å². The highest BCUT2D eigenvalue weighted by atomic mass is 16.5. The van der Waals surface area contributed by atoms with Crippen molar-refractivity contribution in [3.63, 3.8) is 0 Å². The molecule has 0 unspecified atom stereocenters. The molecule has 0 atom stereocenters. The van der Waals surface area contributed by atoms with E-state index in [-0.39, 0.29) is 0 Å². The molecule has 0 spiro atoms. The van der Waals surface area contributed by atoms with Crippen LogP contribution in [0.3, 0.4) is 0 Å². The summed E-state index contributed by atoms with van der Waals surface area (Å²) in [5.41, 5.74) is 0.741. The highest BCUT2D eigenvalue weighted by Crippen LogP contribution is 2.32. The molecule has 1 heterocycles. The molecule has 0 aliphatic heterocycles. The van der Waals surface area contributed by atoms with Gasteiger partial charge in [0.15, 0.2) is 0 Å². The molecule has 1 fully saturated rings. The lowest BCUT2D eigenvalue weighted by atomic mass is 10.2. The van der Waals surface area contributed by atoms with Gasteiger partial charge in [0, 0.05) is 19.0 Å². The Bertz CT molecular complexity index is 608. The summed E-state index contributed by atoms with van der Waals surface area (Å²) in [6.45, 7) is 0.863. The summed E-state index contributed by atoms with van der Waals surface area (Å²) in [4.78, 5) is 0. The monoisotopic (exact) mass is 289 g/mol. The van der Waals surface area contributed by atoms with Crippen molar-refractivity contribution in [2.75, 3.05) is 20.8 Å². The molecule has 3 rings (SSSR count). The molecule has 0 amide bonds. The maximum atomic E-state index is 5.72. The number of methoxy groups -OCH3 is 2. The quantitative estimate of drug-likeness (QED) is 0.841. The van der Waals surface area contributed by atoms with Crippen LogP contribution in [0.15, 0.2) is 22.6 Å². The largest absolute Gasteiger partial charge is 0.497 e. The van der Waals surface area contributed by atoms with E-state index in [2.05, 4.69) is 15.5 Å². The predicted molar refractivity (Wildman–Crippen MR) is 77.6 cm³/mol. The zero-order valence-corrected chi connectivity index (χ0v) is 12.3. The molecule has 1 aliphatic carbocycles. The summed E-state index contributed by atoms with van der Waals surface area (Å²) < 4.78 is 16.3. The molecule has 1 aromatic heterocycles. The summed E-state index contributed by atoms with van der Waals surface area (Å²) in [6.07, 6.45) is 3.28. The Hall–Kier alpha value is -2.08. The van der Waals surface area contributed by atoms with Crippen LogP contribution in [0.2, 0.25) is 0 Å². The smallest absolute Gasteiger partial charge is 0.251 e. The lowest BCUT2D eigenvalue weighted by molar-refractivity contribution is 0.402. The number of hydrogen-bond acceptors (Lipinski definition) is 6. The highest BCUT2D eigenvalue weighted by Gasteiger charge is 2.20. The fourth-order valence-electron chi connectivity index (χ4n) is 2.12. The number of ether oxygens (including phenoxy) is 2. The van der Waals surface area contributed by atoms with Crippen molar-refractivity contribution in [1.82, 2.24) is 15.5 Å². The van der Waals surface area contributed by atoms with E-state index in [1.54, 1.807) is 14.2 Å². The van der Waals surface area contributed by atoms with Crippen molar-refractivity contribution in [3.05, 3.63) is 24.1 Å². The molecule has 112 valence electrons. The second kappa shape index (κ2) is 6.13. The lowest BCUT2D eigenvalue weighted by Gasteiger charge is -2.07. The first kappa shape index (κ1) is 13.9. The second-order valence-electron chi connectivity index (χ2n) is 5.05. The molecule has 1 saturated carbocycles. The first-order chi connectivity index (χ1) is 10.3. The second-order valence-corrected chi connectivity index (χ2v) is 5.05. The van der Waals surface area contributed by atoms with Gasteiger partial charge in [-0.3, -0.25) is 0 Å². The molecule has 1 N–H and O–H groups in total. The molecule has 0 saturated heterocycles. The minimum absolute atomic E-state index is 0.451. The average Bonchev–Trinajstić information content (AvgIpc) is 3.22. The molecule has 0 radical (unpaired) electrons. The Kier molecular flexibility index (Phi) is 4.06. The SMILES string of the molecule is COc1ccc(OC)c(-c2nnc(CCNC3CC3)o2)c1. The molecule has 1 aromatic carbocycles. The van der Waals surface area contributed by atoms with Crippen LogP contribution in [0.4, 0.5) is 0 Å². The molecular formula is C15H19N3O3. The van der Waals surface area contributed by atoms with E-state index < -0.39 is 0 Å². The molecule has 2 aromatic rings. The van der Waals surface area contributed by atoms with Crippen molar-refractivity contribution >= 4 is 0 Å². The Morgan fingerprint density at radius 3 is 2.81 bits per heavy atom. The van der Waals surface area contributed by atoms with Gasteiger partial charge >= 0.3 is 0 Å². The third-order valence-electron chi connectivity index (χ3n) is 3.45. The first-order valence-electron chi connectivity index (χ1n) is 7.08. The first-order valence-corrected chi connectivity index (χ1v) is 7.08. The minimum Gasteiger partial charge on any atom is -0.497 e. The van der Waals surface area contributed by atoms with Crippen LogP contribution < -0.4 is 14.8 Å². The predicted octanol–water partition coefficient (Wildman–Crippen LogP) is 2.05. The van der Waals surface area contributed by atoms with E-state index in [0.29, 0.717) is 23.6 Å². The van der Waals surface area contributed by atoms with Gasteiger partial charge in [-0.15, -0.1) is 10.2 Å². The molecule has 6 heteroatoms. The number of nitrogens with zero attached hydrogens (tertiary/aromatic N) is 2. The summed E-state index contributed by atoms with van der Waals surface area (Å²) in [5.74, 6) is 2.48. The molecule has 0 bridgehead atoms. The van der Waals surface area contributed by atoms with Crippen molar-refractivity contribution in [1.29, 1.82) is 0 Å². The number of aromatic nitrogens is 2. The van der Waals surface area contributed by atoms with Crippen LogP contribution in [0, 0.1) is 0 Å². The van der Waals surface area contributed by atoms with Crippen LogP contribution in [0.5, 0.6) is 11.5 Å². The normalized spacial score (nSPS) is 14.2. The number of rotatable bonds is 7. The number of benzene rings is 1. The van der Waals surface area contributed by atoms with Crippen molar-refractivity contribution in [2.45, 2.75) is 25.3 Å². The molecule has 1 aliphatic rings. The van der Waals surface area contributed by atoms with E-state index in [4.69, 9.17) is 13.9 Å². The summed E-state index contributed by atoms with van der Waals surface area (Å²) >= 11 is 0. The third-order valence-corrected chi connectivity index (χ3v) is 3.45. The zero-order chi connectivity index (χ0) is 14.7. The fourth-order valence-corrected chi connectivity index (χ4v) is 2.12. The third kappa shape index (κ3) is 3.33. The van der Waals surface area contributed by atoms with Crippen LogP contribution >= 0.6 is 0 Å². The Labute approximate surface area is 123 Å². The Morgan fingerprint density at radius 2 is 2.10 bits per heavy atom. The summed E-state index contributed by atoms with van der Waals surface area (Å²) in [5, 5.41) is 11.6. The van der Waals surface area contributed by atoms with Gasteiger partial charge in [-0.05, 0) is 31.0 Å². The van der Waals surface area contributed by atoms with Gasteiger partial charge in [-0.2, -0.15) is 0 Å². The Morgan fingerprint density at radius 1 is 1.24 bits per heavy atom. The van der Waals surface area contributed by atoms with Crippen LogP contribution in [-0.4, -0.2) is 37.0 Å². The maximum absolute atomic E-state index is 5.72.